The summed E-state index contributed by atoms with van der Waals surface area (Å²) in [4.78, 5) is 23.7. The van der Waals surface area contributed by atoms with Crippen molar-refractivity contribution in [1.82, 2.24) is 5.32 Å². The van der Waals surface area contributed by atoms with E-state index in [2.05, 4.69) is 5.32 Å². The largest absolute Gasteiger partial charge is 0.467 e. The highest BCUT2D eigenvalue weighted by Crippen LogP contribution is 2.12. The predicted octanol–water partition coefficient (Wildman–Crippen LogP) is 2.66. The van der Waals surface area contributed by atoms with E-state index in [-0.39, 0.29) is 11.8 Å². The van der Waals surface area contributed by atoms with Gasteiger partial charge in [0.1, 0.15) is 6.04 Å². The molecule has 0 aliphatic carbocycles. The number of halogens is 1. The third-order valence-corrected chi connectivity index (χ3v) is 3.31. The normalized spacial score (nSPS) is 13.5. The molecule has 0 saturated heterocycles. The molecule has 104 valence electrons. The summed E-state index contributed by atoms with van der Waals surface area (Å²) in [5.41, 5.74) is 0.460. The fourth-order valence-corrected chi connectivity index (χ4v) is 1.75. The van der Waals surface area contributed by atoms with Crippen LogP contribution in [0.3, 0.4) is 0 Å². The average Bonchev–Trinajstić information content (AvgIpc) is 2.43. The number of amides is 1. The fourth-order valence-electron chi connectivity index (χ4n) is 1.62. The van der Waals surface area contributed by atoms with Gasteiger partial charge in [0, 0.05) is 10.6 Å². The fraction of sp³-hybridized carbons (Fsp3) is 0.429. The molecule has 0 aliphatic heterocycles. The van der Waals surface area contributed by atoms with Gasteiger partial charge >= 0.3 is 5.97 Å². The minimum Gasteiger partial charge on any atom is -0.467 e. The SMILES string of the molecule is CCC(C)C(NC(=O)c1ccc(Cl)cc1)C(=O)OC. The van der Waals surface area contributed by atoms with Crippen LogP contribution in [0.2, 0.25) is 5.02 Å². The zero-order chi connectivity index (χ0) is 14.4. The molecule has 1 amide bonds. The van der Waals surface area contributed by atoms with E-state index < -0.39 is 12.0 Å². The summed E-state index contributed by atoms with van der Waals surface area (Å²) in [6.07, 6.45) is 0.765. The van der Waals surface area contributed by atoms with Gasteiger partial charge < -0.3 is 10.1 Å². The molecule has 0 fully saturated rings. The summed E-state index contributed by atoms with van der Waals surface area (Å²) in [5, 5.41) is 3.26. The molecule has 0 aliphatic rings. The molecular weight excluding hydrogens is 266 g/mol. The van der Waals surface area contributed by atoms with Gasteiger partial charge in [-0.2, -0.15) is 0 Å². The lowest BCUT2D eigenvalue weighted by Gasteiger charge is -2.21. The number of carbonyl (C=O) groups excluding carboxylic acids is 2. The highest BCUT2D eigenvalue weighted by Gasteiger charge is 2.26. The van der Waals surface area contributed by atoms with Gasteiger partial charge in [-0.15, -0.1) is 0 Å². The van der Waals surface area contributed by atoms with Gasteiger partial charge in [0.25, 0.3) is 5.91 Å². The van der Waals surface area contributed by atoms with E-state index in [9.17, 15) is 9.59 Å². The Morgan fingerprint density at radius 2 is 1.89 bits per heavy atom. The van der Waals surface area contributed by atoms with E-state index in [4.69, 9.17) is 16.3 Å². The van der Waals surface area contributed by atoms with E-state index in [1.54, 1.807) is 24.3 Å². The zero-order valence-corrected chi connectivity index (χ0v) is 12.0. The molecule has 0 radical (unpaired) electrons. The lowest BCUT2D eigenvalue weighted by molar-refractivity contribution is -0.144. The van der Waals surface area contributed by atoms with Crippen LogP contribution < -0.4 is 5.32 Å². The van der Waals surface area contributed by atoms with E-state index >= 15 is 0 Å². The Balaban J connectivity index is 2.81. The zero-order valence-electron chi connectivity index (χ0n) is 11.3. The number of nitrogens with one attached hydrogen (secondary N) is 1. The van der Waals surface area contributed by atoms with E-state index in [0.717, 1.165) is 6.42 Å². The molecule has 0 saturated carbocycles. The molecule has 4 nitrogen and oxygen atoms in total. The summed E-state index contributed by atoms with van der Waals surface area (Å²) in [6.45, 7) is 3.85. The van der Waals surface area contributed by atoms with Crippen LogP contribution in [0.25, 0.3) is 0 Å². The molecule has 0 aromatic heterocycles. The lowest BCUT2D eigenvalue weighted by atomic mass is 9.99. The topological polar surface area (TPSA) is 55.4 Å². The average molecular weight is 284 g/mol. The number of hydrogen-bond donors (Lipinski definition) is 1. The molecule has 1 aromatic carbocycles. The smallest absolute Gasteiger partial charge is 0.328 e. The van der Waals surface area contributed by atoms with Crippen molar-refractivity contribution in [1.29, 1.82) is 0 Å². The minimum atomic E-state index is -0.641. The third kappa shape index (κ3) is 4.24. The summed E-state index contributed by atoms with van der Waals surface area (Å²) in [7, 11) is 1.31. The van der Waals surface area contributed by atoms with Crippen LogP contribution in [0, 0.1) is 5.92 Å². The van der Waals surface area contributed by atoms with Crippen LogP contribution in [0.5, 0.6) is 0 Å². The minimum absolute atomic E-state index is 0.00343. The Hall–Kier alpha value is -1.55. The number of carbonyl (C=O) groups is 2. The molecule has 2 unspecified atom stereocenters. The molecule has 5 heteroatoms. The van der Waals surface area contributed by atoms with Gasteiger partial charge in [0.2, 0.25) is 0 Å². The first-order chi connectivity index (χ1) is 8.99. The molecule has 1 aromatic rings. The van der Waals surface area contributed by atoms with E-state index in [1.807, 2.05) is 13.8 Å². The molecule has 1 N–H and O–H groups in total. The Labute approximate surface area is 118 Å². The van der Waals surface area contributed by atoms with E-state index in [0.29, 0.717) is 10.6 Å². The number of esters is 1. The van der Waals surface area contributed by atoms with Gasteiger partial charge in [-0.05, 0) is 30.2 Å². The van der Waals surface area contributed by atoms with Gasteiger partial charge in [0.15, 0.2) is 0 Å². The maximum atomic E-state index is 12.0. The van der Waals surface area contributed by atoms with Crippen molar-refractivity contribution in [3.8, 4) is 0 Å². The Morgan fingerprint density at radius 1 is 1.32 bits per heavy atom. The molecule has 1 rings (SSSR count). The maximum absolute atomic E-state index is 12.0. The Morgan fingerprint density at radius 3 is 2.37 bits per heavy atom. The molecule has 0 spiro atoms. The molecule has 2 atom stereocenters. The molecular formula is C14H18ClNO3. The Bertz CT molecular complexity index is 445. The standard InChI is InChI=1S/C14H18ClNO3/c1-4-9(2)12(14(18)19-3)16-13(17)10-5-7-11(15)8-6-10/h5-9,12H,4H2,1-3H3,(H,16,17). The molecule has 19 heavy (non-hydrogen) atoms. The van der Waals surface area contributed by atoms with Gasteiger partial charge in [-0.1, -0.05) is 31.9 Å². The first kappa shape index (κ1) is 15.5. The highest BCUT2D eigenvalue weighted by molar-refractivity contribution is 6.30. The van der Waals surface area contributed by atoms with Crippen LogP contribution in [0.4, 0.5) is 0 Å². The van der Waals surface area contributed by atoms with Crippen molar-refractivity contribution in [3.05, 3.63) is 34.9 Å². The number of rotatable bonds is 5. The summed E-state index contributed by atoms with van der Waals surface area (Å²) in [6, 6.07) is 5.85. The highest BCUT2D eigenvalue weighted by atomic mass is 35.5. The number of hydrogen-bond acceptors (Lipinski definition) is 3. The van der Waals surface area contributed by atoms with Crippen molar-refractivity contribution in [2.24, 2.45) is 5.92 Å². The van der Waals surface area contributed by atoms with Gasteiger partial charge in [0.05, 0.1) is 7.11 Å². The number of benzene rings is 1. The van der Waals surface area contributed by atoms with Crippen molar-refractivity contribution in [2.75, 3.05) is 7.11 Å². The first-order valence-electron chi connectivity index (χ1n) is 6.13. The Kier molecular flexibility index (Phi) is 5.83. The van der Waals surface area contributed by atoms with Gasteiger partial charge in [-0.25, -0.2) is 4.79 Å². The van der Waals surface area contributed by atoms with Crippen molar-refractivity contribution >= 4 is 23.5 Å². The number of ether oxygens (including phenoxy) is 1. The van der Waals surface area contributed by atoms with Crippen LogP contribution in [-0.4, -0.2) is 25.0 Å². The summed E-state index contributed by atoms with van der Waals surface area (Å²) >= 11 is 5.76. The summed E-state index contributed by atoms with van der Waals surface area (Å²) in [5.74, 6) is -0.743. The van der Waals surface area contributed by atoms with Crippen LogP contribution in [0.1, 0.15) is 30.6 Å². The van der Waals surface area contributed by atoms with Crippen LogP contribution in [-0.2, 0) is 9.53 Å². The van der Waals surface area contributed by atoms with Crippen molar-refractivity contribution in [3.63, 3.8) is 0 Å². The molecule has 0 bridgehead atoms. The number of methoxy groups -OCH3 is 1. The third-order valence-electron chi connectivity index (χ3n) is 3.06. The first-order valence-corrected chi connectivity index (χ1v) is 6.51. The quantitative estimate of drug-likeness (QED) is 0.845. The monoisotopic (exact) mass is 283 g/mol. The molecule has 0 heterocycles. The van der Waals surface area contributed by atoms with Gasteiger partial charge in [-0.3, -0.25) is 4.79 Å². The predicted molar refractivity (Wildman–Crippen MR) is 74.2 cm³/mol. The van der Waals surface area contributed by atoms with E-state index in [1.165, 1.54) is 7.11 Å². The maximum Gasteiger partial charge on any atom is 0.328 e. The van der Waals surface area contributed by atoms with Crippen LogP contribution in [0.15, 0.2) is 24.3 Å². The lowest BCUT2D eigenvalue weighted by Crippen LogP contribution is -2.45. The second-order valence-corrected chi connectivity index (χ2v) is 4.80. The van der Waals surface area contributed by atoms with Crippen LogP contribution >= 0.6 is 11.6 Å². The summed E-state index contributed by atoms with van der Waals surface area (Å²) < 4.78 is 4.72. The second kappa shape index (κ2) is 7.14. The van der Waals surface area contributed by atoms with Crippen molar-refractivity contribution in [2.45, 2.75) is 26.3 Å². The second-order valence-electron chi connectivity index (χ2n) is 4.37. The van der Waals surface area contributed by atoms with Crippen molar-refractivity contribution < 1.29 is 14.3 Å².